The van der Waals surface area contributed by atoms with Gasteiger partial charge in [-0.25, -0.2) is 0 Å². The molecule has 6 nitrogen and oxygen atoms in total. The van der Waals surface area contributed by atoms with Gasteiger partial charge in [-0.05, 0) is 47.4 Å². The van der Waals surface area contributed by atoms with Gasteiger partial charge in [-0.3, -0.25) is 4.79 Å². The molecule has 1 aliphatic carbocycles. The molecule has 0 aliphatic heterocycles. The Morgan fingerprint density at radius 3 is 3.04 bits per heavy atom. The van der Waals surface area contributed by atoms with Crippen LogP contribution in [0.2, 0.25) is 0 Å². The zero-order valence-corrected chi connectivity index (χ0v) is 16.4. The fourth-order valence-corrected chi connectivity index (χ4v) is 4.80. The highest BCUT2D eigenvalue weighted by Crippen LogP contribution is 2.31. The van der Waals surface area contributed by atoms with Gasteiger partial charge in [0.15, 0.2) is 4.34 Å². The van der Waals surface area contributed by atoms with E-state index < -0.39 is 0 Å². The maximum Gasteiger partial charge on any atom is 0.233 e. The quantitative estimate of drug-likeness (QED) is 0.540. The number of thiophene rings is 1. The van der Waals surface area contributed by atoms with E-state index in [4.69, 9.17) is 4.42 Å². The van der Waals surface area contributed by atoms with Gasteiger partial charge in [0.1, 0.15) is 5.76 Å². The Morgan fingerprint density at radius 2 is 2.31 bits per heavy atom. The summed E-state index contributed by atoms with van der Waals surface area (Å²) >= 11 is 4.58. The Morgan fingerprint density at radius 1 is 1.38 bits per heavy atom. The molecule has 9 heteroatoms. The molecule has 1 saturated carbocycles. The number of carbonyl (C=O) groups excluding carboxylic acids is 1. The fraction of sp³-hybridized carbons (Fsp3) is 0.353. The van der Waals surface area contributed by atoms with Crippen LogP contribution in [-0.2, 0) is 17.9 Å². The first-order chi connectivity index (χ1) is 12.8. The molecule has 3 heterocycles. The number of thioether (sulfide) groups is 1. The molecule has 0 bridgehead atoms. The summed E-state index contributed by atoms with van der Waals surface area (Å²) in [6, 6.07) is 6.25. The standard InChI is InChI=1S/C17H18N4O2S3/c22-15(21(13-3-4-13)9-12-5-7-24-10-12)11-25-17-20-19-16(26-17)18-8-14-2-1-6-23-14/h1-2,5-7,10,13H,3-4,8-9,11H2,(H,18,19). The Bertz CT molecular complexity index is 828. The first-order valence-electron chi connectivity index (χ1n) is 8.31. The van der Waals surface area contributed by atoms with Gasteiger partial charge in [-0.1, -0.05) is 23.1 Å². The zero-order valence-electron chi connectivity index (χ0n) is 14.0. The highest BCUT2D eigenvalue weighted by atomic mass is 32.2. The lowest BCUT2D eigenvalue weighted by molar-refractivity contribution is -0.129. The minimum atomic E-state index is 0.170. The van der Waals surface area contributed by atoms with Crippen LogP contribution in [0.3, 0.4) is 0 Å². The molecule has 0 saturated heterocycles. The summed E-state index contributed by atoms with van der Waals surface area (Å²) in [5, 5.41) is 16.3. The summed E-state index contributed by atoms with van der Waals surface area (Å²) in [4.78, 5) is 14.7. The van der Waals surface area contributed by atoms with E-state index in [0.29, 0.717) is 24.9 Å². The van der Waals surface area contributed by atoms with Crippen molar-refractivity contribution in [3.05, 3.63) is 46.5 Å². The van der Waals surface area contributed by atoms with Crippen LogP contribution in [0.15, 0.2) is 44.0 Å². The Hall–Kier alpha value is -1.84. The van der Waals surface area contributed by atoms with Gasteiger partial charge >= 0.3 is 0 Å². The van der Waals surface area contributed by atoms with Gasteiger partial charge in [0.05, 0.1) is 18.6 Å². The highest BCUT2D eigenvalue weighted by molar-refractivity contribution is 8.01. The average molecular weight is 407 g/mol. The van der Waals surface area contributed by atoms with Crippen LogP contribution in [-0.4, -0.2) is 32.8 Å². The van der Waals surface area contributed by atoms with Crippen LogP contribution in [0.25, 0.3) is 0 Å². The molecule has 26 heavy (non-hydrogen) atoms. The number of nitrogens with zero attached hydrogens (tertiary/aromatic N) is 3. The summed E-state index contributed by atoms with van der Waals surface area (Å²) in [5.41, 5.74) is 1.21. The van der Waals surface area contributed by atoms with E-state index in [0.717, 1.165) is 28.1 Å². The summed E-state index contributed by atoms with van der Waals surface area (Å²) < 4.78 is 6.08. The van der Waals surface area contributed by atoms with E-state index in [1.165, 1.54) is 28.7 Å². The van der Waals surface area contributed by atoms with Crippen LogP contribution >= 0.6 is 34.4 Å². The van der Waals surface area contributed by atoms with Crippen molar-refractivity contribution in [3.63, 3.8) is 0 Å². The van der Waals surface area contributed by atoms with Crippen molar-refractivity contribution in [2.75, 3.05) is 11.1 Å². The monoisotopic (exact) mass is 406 g/mol. The molecule has 1 aliphatic rings. The van der Waals surface area contributed by atoms with Crippen molar-refractivity contribution in [3.8, 4) is 0 Å². The van der Waals surface area contributed by atoms with E-state index in [2.05, 4.69) is 32.3 Å². The second kappa shape index (κ2) is 8.24. The molecule has 0 unspecified atom stereocenters. The highest BCUT2D eigenvalue weighted by Gasteiger charge is 2.32. The lowest BCUT2D eigenvalue weighted by Crippen LogP contribution is -2.33. The van der Waals surface area contributed by atoms with E-state index in [9.17, 15) is 4.79 Å². The third-order valence-corrected chi connectivity index (χ3v) is 6.69. The van der Waals surface area contributed by atoms with Crippen LogP contribution in [0.5, 0.6) is 0 Å². The molecule has 0 radical (unpaired) electrons. The molecule has 0 atom stereocenters. The maximum absolute atomic E-state index is 12.6. The van der Waals surface area contributed by atoms with Crippen molar-refractivity contribution in [2.45, 2.75) is 36.3 Å². The molecular weight excluding hydrogens is 388 g/mol. The number of carbonyl (C=O) groups is 1. The predicted octanol–water partition coefficient (Wildman–Crippen LogP) is 4.09. The average Bonchev–Trinajstić information content (AvgIpc) is 3.09. The number of nitrogens with one attached hydrogen (secondary N) is 1. The Balaban J connectivity index is 1.28. The Labute approximate surface area is 163 Å². The van der Waals surface area contributed by atoms with Crippen molar-refractivity contribution in [1.29, 1.82) is 0 Å². The third-order valence-electron chi connectivity index (χ3n) is 3.96. The van der Waals surface area contributed by atoms with Crippen molar-refractivity contribution in [1.82, 2.24) is 15.1 Å². The number of furan rings is 1. The van der Waals surface area contributed by atoms with Gasteiger partial charge < -0.3 is 14.6 Å². The van der Waals surface area contributed by atoms with E-state index in [1.807, 2.05) is 17.0 Å². The van der Waals surface area contributed by atoms with Crippen molar-refractivity contribution < 1.29 is 9.21 Å². The predicted molar refractivity (Wildman–Crippen MR) is 105 cm³/mol. The molecule has 0 spiro atoms. The van der Waals surface area contributed by atoms with E-state index >= 15 is 0 Å². The molecule has 1 N–H and O–H groups in total. The zero-order chi connectivity index (χ0) is 17.8. The van der Waals surface area contributed by atoms with Crippen LogP contribution in [0.4, 0.5) is 5.13 Å². The van der Waals surface area contributed by atoms with Gasteiger partial charge in [-0.15, -0.1) is 10.2 Å². The number of hydrogen-bond acceptors (Lipinski definition) is 8. The SMILES string of the molecule is O=C(CSc1nnc(NCc2ccco2)s1)N(Cc1ccsc1)C1CC1. The fourth-order valence-electron chi connectivity index (χ4n) is 2.51. The van der Waals surface area contributed by atoms with Crippen molar-refractivity contribution in [2.24, 2.45) is 0 Å². The molecular formula is C17H18N4O2S3. The number of amides is 1. The molecule has 4 rings (SSSR count). The smallest absolute Gasteiger partial charge is 0.233 e. The summed E-state index contributed by atoms with van der Waals surface area (Å²) in [6.45, 7) is 1.28. The normalized spacial score (nSPS) is 13.7. The second-order valence-electron chi connectivity index (χ2n) is 5.98. The first-order valence-corrected chi connectivity index (χ1v) is 11.1. The maximum atomic E-state index is 12.6. The van der Waals surface area contributed by atoms with Crippen LogP contribution in [0.1, 0.15) is 24.2 Å². The lowest BCUT2D eigenvalue weighted by atomic mass is 10.3. The molecule has 1 amide bonds. The Kier molecular flexibility index (Phi) is 5.57. The molecule has 3 aromatic heterocycles. The largest absolute Gasteiger partial charge is 0.467 e. The van der Waals surface area contributed by atoms with Crippen LogP contribution in [0, 0.1) is 0 Å². The van der Waals surface area contributed by atoms with E-state index in [-0.39, 0.29) is 5.91 Å². The molecule has 136 valence electrons. The number of anilines is 1. The van der Waals surface area contributed by atoms with Gasteiger partial charge in [0.25, 0.3) is 0 Å². The van der Waals surface area contributed by atoms with Crippen molar-refractivity contribution >= 4 is 45.5 Å². The first kappa shape index (κ1) is 17.6. The van der Waals surface area contributed by atoms with Gasteiger partial charge in [0, 0.05) is 12.6 Å². The number of rotatable bonds is 9. The van der Waals surface area contributed by atoms with Crippen LogP contribution < -0.4 is 5.32 Å². The third kappa shape index (κ3) is 4.66. The molecule has 3 aromatic rings. The second-order valence-corrected chi connectivity index (χ2v) is 8.96. The number of hydrogen-bond donors (Lipinski definition) is 1. The summed E-state index contributed by atoms with van der Waals surface area (Å²) in [6.07, 6.45) is 3.87. The summed E-state index contributed by atoms with van der Waals surface area (Å²) in [7, 11) is 0. The lowest BCUT2D eigenvalue weighted by Gasteiger charge is -2.21. The van der Waals surface area contributed by atoms with Gasteiger partial charge in [0.2, 0.25) is 11.0 Å². The molecule has 1 fully saturated rings. The minimum Gasteiger partial charge on any atom is -0.467 e. The topological polar surface area (TPSA) is 71.3 Å². The number of aromatic nitrogens is 2. The minimum absolute atomic E-state index is 0.170. The molecule has 0 aromatic carbocycles. The summed E-state index contributed by atoms with van der Waals surface area (Å²) in [5.74, 6) is 1.41. The van der Waals surface area contributed by atoms with E-state index in [1.54, 1.807) is 17.6 Å². The van der Waals surface area contributed by atoms with Gasteiger partial charge in [-0.2, -0.15) is 11.3 Å².